The van der Waals surface area contributed by atoms with Gasteiger partial charge in [0.2, 0.25) is 0 Å². The maximum atomic E-state index is 11.8. The van der Waals surface area contributed by atoms with Crippen LogP contribution in [-0.2, 0) is 38.4 Å². The Morgan fingerprint density at radius 2 is 0.765 bits per heavy atom. The molecule has 0 aliphatic rings. The van der Waals surface area contributed by atoms with Crippen LogP contribution in [0.4, 0.5) is 11.6 Å². The van der Waals surface area contributed by atoms with E-state index in [4.69, 9.17) is 39.6 Å². The summed E-state index contributed by atoms with van der Waals surface area (Å²) in [5, 5.41) is 35.6. The molecule has 85 heavy (non-hydrogen) atoms. The van der Waals surface area contributed by atoms with Gasteiger partial charge in [0.15, 0.2) is 11.3 Å². The van der Waals surface area contributed by atoms with E-state index in [9.17, 15) is 9.90 Å². The van der Waals surface area contributed by atoms with Gasteiger partial charge in [-0.3, -0.25) is 4.79 Å². The molecule has 0 saturated heterocycles. The van der Waals surface area contributed by atoms with Gasteiger partial charge in [0.25, 0.3) is 0 Å². The van der Waals surface area contributed by atoms with Crippen LogP contribution < -0.4 is 10.6 Å². The van der Waals surface area contributed by atoms with Gasteiger partial charge in [0.05, 0.1) is 6.61 Å². The normalized spacial score (nSPS) is 11.6. The van der Waals surface area contributed by atoms with Gasteiger partial charge in [0.1, 0.15) is 40.0 Å². The van der Waals surface area contributed by atoms with Crippen molar-refractivity contribution in [1.29, 1.82) is 0 Å². The van der Waals surface area contributed by atoms with Crippen molar-refractivity contribution in [3.63, 3.8) is 0 Å². The number of benzene rings is 8. The number of aliphatic hydroxyl groups excluding tert-OH is 1. The monoisotopic (exact) mass is 1160 g/mol. The first-order valence-corrected chi connectivity index (χ1v) is 28.3. The van der Waals surface area contributed by atoms with Crippen molar-refractivity contribution in [1.82, 2.24) is 40.0 Å². The first kappa shape index (κ1) is 57.9. The topological polar surface area (TPSA) is 183 Å². The number of carbonyl (C=O) groups excluding carboxylic acids is 1. The summed E-state index contributed by atoms with van der Waals surface area (Å²) in [7, 11) is 3.68. The number of pyridine rings is 2. The number of rotatable bonds is 16. The molecule has 0 radical (unpaired) electrons. The first-order valence-electron chi connectivity index (χ1n) is 28.1. The Kier molecular flexibility index (Phi) is 19.5. The van der Waals surface area contributed by atoms with E-state index < -0.39 is 25.9 Å². The Balaban J connectivity index is 0.000000188. The minimum absolute atomic E-state index is 0.112. The number of carbonyl (C=O) groups is 1. The zero-order valence-electron chi connectivity index (χ0n) is 48.0. The second-order valence-electron chi connectivity index (χ2n) is 18.9. The van der Waals surface area contributed by atoms with Crippen molar-refractivity contribution in [2.75, 3.05) is 31.3 Å². The molecule has 12 aromatic rings. The van der Waals surface area contributed by atoms with Crippen LogP contribution in [0, 0.1) is 0 Å². The molecular weight excluding hydrogens is 1100 g/mol. The summed E-state index contributed by atoms with van der Waals surface area (Å²) in [6, 6.07) is 85.7. The molecule has 0 fully saturated rings. The van der Waals surface area contributed by atoms with Gasteiger partial charge < -0.3 is 15.7 Å². The van der Waals surface area contributed by atoms with E-state index in [0.717, 1.165) is 73.1 Å². The number of anilines is 2. The zero-order chi connectivity index (χ0) is 60.1. The summed E-state index contributed by atoms with van der Waals surface area (Å²) in [5.41, 5.74) is 12.0. The molecule has 0 spiro atoms. The molecule has 0 aliphatic heterocycles. The van der Waals surface area contributed by atoms with E-state index >= 15 is 0 Å². The van der Waals surface area contributed by atoms with E-state index in [1.807, 2.05) is 205 Å². The number of allylic oxidation sites excluding steroid dienone is 1. The molecule has 0 atom stereocenters. The van der Waals surface area contributed by atoms with Gasteiger partial charge in [-0.1, -0.05) is 273 Å². The van der Waals surface area contributed by atoms with Crippen LogP contribution in [0.2, 0.25) is 0 Å². The number of aliphatic hydroxyl groups is 1. The third-order valence-corrected chi connectivity index (χ3v) is 14.4. The summed E-state index contributed by atoms with van der Waals surface area (Å²) < 4.78 is 26.9. The van der Waals surface area contributed by atoms with Crippen LogP contribution in [0.1, 0.15) is 70.8 Å². The summed E-state index contributed by atoms with van der Waals surface area (Å²) in [5.74, 6) is 1.32. The summed E-state index contributed by atoms with van der Waals surface area (Å²) in [6.07, 6.45) is 4.18. The van der Waals surface area contributed by atoms with Gasteiger partial charge >= 0.3 is 22.5 Å². The van der Waals surface area contributed by atoms with Crippen molar-refractivity contribution in [3.8, 4) is 0 Å². The first-order chi connectivity index (χ1) is 42.4. The third-order valence-electron chi connectivity index (χ3n) is 14.4. The van der Waals surface area contributed by atoms with Crippen molar-refractivity contribution >= 4 is 51.4 Å². The molecule has 15 heteroatoms. The van der Waals surface area contributed by atoms with E-state index in [1.54, 1.807) is 19.1 Å². The average molecular weight is 1160 g/mol. The van der Waals surface area contributed by atoms with Gasteiger partial charge in [-0.25, -0.2) is 19.3 Å². The molecule has 4 aromatic heterocycles. The van der Waals surface area contributed by atoms with Gasteiger partial charge in [-0.05, 0) is 73.9 Å². The molecule has 12 rings (SSSR count). The predicted octanol–water partition coefficient (Wildman–Crippen LogP) is 13.3. The number of hydrogen-bond donors (Lipinski definition) is 3. The minimum atomic E-state index is -1.44. The molecule has 0 bridgehead atoms. The summed E-state index contributed by atoms with van der Waals surface area (Å²) in [4.78, 5) is 21.9. The standard InChI is InChI=1S/C34H29N5O.C34H27N5O.C2H6.Mn.2O/c2*1-35-31-24-30(29(22-23-40)25-14-6-2-7-15-25)32-33(36-31)39(38-37-32)34(26-16-8-3-9-17-26,27-18-10-4-11-19-27)28-20-12-5-13-21-28;1-2;;;/h2-22,24,40H,23H2,1H3,(H,35,36);2-24H,1H3,(H,35,36);1-2H3;;;/b2*29-22-;;;;/i;;1D;;;. The fourth-order valence-corrected chi connectivity index (χ4v) is 10.9. The Morgan fingerprint density at radius 3 is 1.04 bits per heavy atom. The second kappa shape index (κ2) is 28.6. The molecule has 0 saturated carbocycles. The molecule has 423 valence electrons. The fourth-order valence-electron chi connectivity index (χ4n) is 10.9. The van der Waals surface area contributed by atoms with Gasteiger partial charge in [0, 0.05) is 26.6 Å². The average Bonchev–Trinajstić information content (AvgIpc) is 1.52. The van der Waals surface area contributed by atoms with Crippen LogP contribution in [-0.4, -0.2) is 72.1 Å². The Morgan fingerprint density at radius 1 is 0.494 bits per heavy atom. The number of hydrogen-bond acceptors (Lipinski definition) is 12. The summed E-state index contributed by atoms with van der Waals surface area (Å²) in [6.45, 7) is 2.18. The van der Waals surface area contributed by atoms with E-state index in [-0.39, 0.29) is 6.61 Å². The molecular formula is C70H62MnN10O4. The number of nitrogens with zero attached hydrogens (tertiary/aromatic N) is 8. The van der Waals surface area contributed by atoms with Crippen LogP contribution >= 0.6 is 0 Å². The van der Waals surface area contributed by atoms with Crippen molar-refractivity contribution in [2.45, 2.75) is 24.9 Å². The molecule has 4 heterocycles. The fraction of sp³-hybridized carbons (Fsp3) is 0.100. The SMILES string of the molecule is CNc1cc(/C(=C\C=O)c2ccccc2)c2nnn(C(c3ccccc3)(c3ccccc3)c3ccccc3)c2n1.CNc1cc(/C(=C\CO)c2ccccc2)c2nnn(C(c3ccccc3)(c3ccccc3)c3ccccc3)c2n1.[2H]CC.[O]=[Mn]=[O]. The molecule has 14 nitrogen and oxygen atoms in total. The van der Waals surface area contributed by atoms with Crippen LogP contribution in [0.5, 0.6) is 0 Å². The van der Waals surface area contributed by atoms with Crippen molar-refractivity contribution in [2.24, 2.45) is 0 Å². The zero-order valence-corrected chi connectivity index (χ0v) is 48.2. The van der Waals surface area contributed by atoms with Crippen LogP contribution in [0.25, 0.3) is 33.5 Å². The molecule has 0 amide bonds. The molecule has 0 unspecified atom stereocenters. The van der Waals surface area contributed by atoms with Crippen LogP contribution in [0.15, 0.2) is 267 Å². The number of fused-ring (bicyclic) bond motifs is 2. The molecule has 0 aliphatic carbocycles. The number of nitrogens with one attached hydrogen (secondary N) is 2. The molecule has 3 N–H and O–H groups in total. The van der Waals surface area contributed by atoms with E-state index in [1.165, 1.54) is 0 Å². The second-order valence-corrected chi connectivity index (χ2v) is 19.1. The van der Waals surface area contributed by atoms with E-state index in [2.05, 4.69) is 83.4 Å². The van der Waals surface area contributed by atoms with Gasteiger partial charge in [-0.2, -0.15) is 0 Å². The third kappa shape index (κ3) is 12.0. The maximum absolute atomic E-state index is 11.8. The Bertz CT molecular complexity index is 4020. The number of aldehydes is 1. The number of aromatic nitrogens is 8. The predicted molar refractivity (Wildman–Crippen MR) is 332 cm³/mol. The Hall–Kier alpha value is -10.3. The van der Waals surface area contributed by atoms with E-state index in [0.29, 0.717) is 40.9 Å². The van der Waals surface area contributed by atoms with Crippen molar-refractivity contribution in [3.05, 3.63) is 323 Å². The molecule has 8 aromatic carbocycles. The Labute approximate surface area is 501 Å². The van der Waals surface area contributed by atoms with Crippen molar-refractivity contribution < 1.29 is 33.8 Å². The summed E-state index contributed by atoms with van der Waals surface area (Å²) >= 11 is -1.44. The quantitative estimate of drug-likeness (QED) is 0.0361. The van der Waals surface area contributed by atoms with Crippen LogP contribution in [0.3, 0.4) is 0 Å². The van der Waals surface area contributed by atoms with Gasteiger partial charge in [-0.15, -0.1) is 10.2 Å².